The summed E-state index contributed by atoms with van der Waals surface area (Å²) in [7, 11) is 1.26. The number of aromatic nitrogens is 2. The minimum atomic E-state index is -1.25. The average Bonchev–Trinajstić information content (AvgIpc) is 3.42. The van der Waals surface area contributed by atoms with Crippen LogP contribution in [-0.2, 0) is 30.4 Å². The van der Waals surface area contributed by atoms with E-state index in [1.165, 1.54) is 52.3 Å². The van der Waals surface area contributed by atoms with Gasteiger partial charge in [-0.2, -0.15) is 0 Å². The number of thiazole rings is 2. The fourth-order valence-electron chi connectivity index (χ4n) is 3.61. The van der Waals surface area contributed by atoms with Crippen LogP contribution in [0.2, 0.25) is 0 Å². The Morgan fingerprint density at radius 1 is 1.31 bits per heavy atom. The van der Waals surface area contributed by atoms with Gasteiger partial charge in [0.15, 0.2) is 15.2 Å². The number of anilines is 1. The zero-order chi connectivity index (χ0) is 26.9. The van der Waals surface area contributed by atoms with E-state index in [1.54, 1.807) is 6.92 Å². The number of fused-ring (bicyclic) bond motifs is 1. The number of thioether (sulfide) groups is 2. The molecule has 4 heterocycles. The van der Waals surface area contributed by atoms with Gasteiger partial charge in [0.25, 0.3) is 11.8 Å². The van der Waals surface area contributed by atoms with Crippen molar-refractivity contribution < 1.29 is 34.2 Å². The number of carboxylic acid groups (broad SMARTS) is 2. The van der Waals surface area contributed by atoms with Crippen molar-refractivity contribution >= 4 is 140 Å². The van der Waals surface area contributed by atoms with Crippen molar-refractivity contribution in [2.45, 2.75) is 29.1 Å². The molecule has 2 aromatic rings. The van der Waals surface area contributed by atoms with Gasteiger partial charge >= 0.3 is 71.1 Å². The van der Waals surface area contributed by atoms with Gasteiger partial charge in [-0.25, -0.2) is 14.8 Å². The third-order valence-electron chi connectivity index (χ3n) is 5.25. The van der Waals surface area contributed by atoms with Gasteiger partial charge in [0.05, 0.1) is 12.1 Å². The molecule has 19 heteroatoms. The Balaban J connectivity index is 0.00000267. The van der Waals surface area contributed by atoms with Crippen LogP contribution in [0, 0.1) is 6.92 Å². The van der Waals surface area contributed by atoms with Crippen molar-refractivity contribution in [2.24, 2.45) is 5.16 Å². The number of carbonyl (C=O) groups excluding carboxylic acids is 2. The molecule has 0 bridgehead atoms. The molecule has 0 aliphatic carbocycles. The molecule has 2 aromatic heterocycles. The molecule has 0 saturated carbocycles. The first kappa shape index (κ1) is 34.1. The van der Waals surface area contributed by atoms with Crippen molar-refractivity contribution in [2.75, 3.05) is 24.3 Å². The van der Waals surface area contributed by atoms with E-state index in [-0.39, 0.29) is 93.5 Å². The van der Waals surface area contributed by atoms with Crippen molar-refractivity contribution in [1.29, 1.82) is 0 Å². The summed E-state index contributed by atoms with van der Waals surface area (Å²) in [4.78, 5) is 63.9. The Hall–Kier alpha value is -1.15. The monoisotopic (exact) mass is 632 g/mol. The number of amides is 2. The van der Waals surface area contributed by atoms with Crippen LogP contribution < -0.4 is 11.1 Å². The molecule has 0 aromatic carbocycles. The van der Waals surface area contributed by atoms with Gasteiger partial charge < -0.3 is 26.1 Å². The molecule has 0 unspecified atom stereocenters. The van der Waals surface area contributed by atoms with E-state index in [2.05, 4.69) is 20.4 Å². The van der Waals surface area contributed by atoms with E-state index in [0.717, 1.165) is 11.3 Å². The molecule has 0 spiro atoms. The normalized spacial score (nSPS) is 18.4. The number of nitrogens with one attached hydrogen (secondary N) is 1. The average molecular weight is 633 g/mol. The molecule has 39 heavy (non-hydrogen) atoms. The molecule has 1 fully saturated rings. The van der Waals surface area contributed by atoms with E-state index in [4.69, 9.17) is 15.7 Å². The number of β-lactam (4-membered cyclic amide) rings is 1. The van der Waals surface area contributed by atoms with E-state index >= 15 is 0 Å². The summed E-state index contributed by atoms with van der Waals surface area (Å²) in [6, 6.07) is -0.959. The Bertz CT molecular complexity index is 1350. The first-order valence-electron chi connectivity index (χ1n) is 10.4. The topological polar surface area (TPSA) is 197 Å². The number of nitrogens with two attached hydrogens (primary N) is 1. The third kappa shape index (κ3) is 7.58. The molecule has 13 nitrogen and oxygen atoms in total. The number of nitrogen functional groups attached to an aromatic ring is 1. The van der Waals surface area contributed by atoms with Crippen molar-refractivity contribution in [1.82, 2.24) is 20.2 Å². The second kappa shape index (κ2) is 14.7. The number of nitrogens with zero attached hydrogens (tertiary/aromatic N) is 4. The molecule has 2 aliphatic rings. The van der Waals surface area contributed by atoms with Crippen LogP contribution in [0.15, 0.2) is 26.1 Å². The summed E-state index contributed by atoms with van der Waals surface area (Å²) < 4.78 is 0.617. The van der Waals surface area contributed by atoms with Gasteiger partial charge in [-0.1, -0.05) is 16.9 Å². The Labute approximate surface area is 283 Å². The number of carbonyl (C=O) groups is 4. The number of hydrogen-bond donors (Lipinski definition) is 4. The summed E-state index contributed by atoms with van der Waals surface area (Å²) in [6.07, 6.45) is -0.132. The fraction of sp³-hybridized carbons (Fsp3) is 0.350. The van der Waals surface area contributed by atoms with Gasteiger partial charge in [0.1, 0.15) is 29.9 Å². The SMILES string of the molecule is CO/N=C(\C(=O)N[C@@H]1C(=O)N2C(C(=O)O)=C(CSc3nc(C)c(CC(=O)O)s3)CS[C@H]12)c1csc(N)n1.[NaH].[NaH]. The summed E-state index contributed by atoms with van der Waals surface area (Å²) in [5, 5.41) is 26.3. The van der Waals surface area contributed by atoms with Gasteiger partial charge in [-0.15, -0.1) is 34.4 Å². The van der Waals surface area contributed by atoms with Crippen LogP contribution in [0.4, 0.5) is 5.13 Å². The first-order valence-corrected chi connectivity index (χ1v) is 14.2. The molecule has 2 aliphatic heterocycles. The Morgan fingerprint density at radius 3 is 2.62 bits per heavy atom. The molecule has 2 atom stereocenters. The van der Waals surface area contributed by atoms with Crippen molar-refractivity contribution in [3.05, 3.63) is 32.9 Å². The minimum absolute atomic E-state index is 0. The number of oxime groups is 1. The van der Waals surface area contributed by atoms with Gasteiger partial charge in [0.2, 0.25) is 0 Å². The predicted octanol–water partition coefficient (Wildman–Crippen LogP) is -0.298. The van der Waals surface area contributed by atoms with Crippen LogP contribution in [0.5, 0.6) is 0 Å². The van der Waals surface area contributed by atoms with Crippen LogP contribution >= 0.6 is 46.2 Å². The zero-order valence-electron chi connectivity index (χ0n) is 19.3. The summed E-state index contributed by atoms with van der Waals surface area (Å²) in [6.45, 7) is 1.72. The van der Waals surface area contributed by atoms with Crippen LogP contribution in [0.25, 0.3) is 0 Å². The van der Waals surface area contributed by atoms with Gasteiger partial charge in [-0.05, 0) is 12.5 Å². The summed E-state index contributed by atoms with van der Waals surface area (Å²) in [5.74, 6) is -2.89. The fourth-order valence-corrected chi connectivity index (χ4v) is 7.87. The zero-order valence-corrected chi connectivity index (χ0v) is 22.6. The molecule has 200 valence electrons. The molecular weight excluding hydrogens is 611 g/mol. The maximum atomic E-state index is 13.0. The van der Waals surface area contributed by atoms with Crippen molar-refractivity contribution in [3.8, 4) is 0 Å². The van der Waals surface area contributed by atoms with Crippen LogP contribution in [0.1, 0.15) is 16.3 Å². The molecular formula is C20H22N6Na2O7S4. The Morgan fingerprint density at radius 2 is 2.03 bits per heavy atom. The van der Waals surface area contributed by atoms with Crippen molar-refractivity contribution in [3.63, 3.8) is 0 Å². The first-order chi connectivity index (χ1) is 17.6. The van der Waals surface area contributed by atoms with Gasteiger partial charge in [-0.3, -0.25) is 19.3 Å². The Kier molecular flexibility index (Phi) is 12.8. The van der Waals surface area contributed by atoms with Crippen LogP contribution in [-0.4, -0.2) is 144 Å². The summed E-state index contributed by atoms with van der Waals surface area (Å²) in [5.41, 5.74) is 6.70. The van der Waals surface area contributed by atoms with E-state index in [1.807, 2.05) is 0 Å². The van der Waals surface area contributed by atoms with Gasteiger partial charge in [0, 0.05) is 21.8 Å². The maximum absolute atomic E-state index is 13.0. The van der Waals surface area contributed by atoms with E-state index < -0.39 is 35.2 Å². The third-order valence-corrected chi connectivity index (χ3v) is 9.65. The van der Waals surface area contributed by atoms with E-state index in [0.29, 0.717) is 26.2 Å². The van der Waals surface area contributed by atoms with Crippen LogP contribution in [0.3, 0.4) is 0 Å². The quantitative estimate of drug-likeness (QED) is 0.0879. The number of carboxylic acids is 2. The standard InChI is InChI=1S/C20H20N6O7S4.2Na.2H/c1-7-10(3-11(27)28)37-20(22-7)36-5-8-4-34-17-13(16(30)26(17)14(8)18(31)32)24-15(29)12(25-33-2)9-6-35-19(21)23-9;;;;/h6,13,17H,3-5H2,1-2H3,(H2,21,23)(H,24,29)(H,27,28)(H,31,32);;;;/b25-12-;;;;/t13-,17-;;;;/m1..../s1. The summed E-state index contributed by atoms with van der Waals surface area (Å²) >= 11 is 4.98. The van der Waals surface area contributed by atoms with E-state index in [9.17, 15) is 24.3 Å². The molecule has 0 radical (unpaired) electrons. The number of rotatable bonds is 10. The molecule has 2 amide bonds. The molecule has 5 N–H and O–H groups in total. The molecule has 1 saturated heterocycles. The number of aryl methyl sites for hydroxylation is 1. The number of aliphatic carboxylic acids is 2. The molecule has 4 rings (SSSR count). The second-order valence-corrected chi connectivity index (χ2v) is 12.0. The second-order valence-electron chi connectivity index (χ2n) is 7.66. The predicted molar refractivity (Wildman–Crippen MR) is 153 cm³/mol. The number of hydrogen-bond acceptors (Lipinski definition) is 13.